The van der Waals surface area contributed by atoms with Gasteiger partial charge in [0.2, 0.25) is 0 Å². The van der Waals surface area contributed by atoms with Gasteiger partial charge in [0.05, 0.1) is 4.88 Å². The lowest BCUT2D eigenvalue weighted by molar-refractivity contribution is 0.103. The molecule has 0 aliphatic heterocycles. The van der Waals surface area contributed by atoms with Gasteiger partial charge in [-0.3, -0.25) is 4.79 Å². The standard InChI is InChI=1S/C16H14N4OS/c21-16(13-7-4-10-22-13)18-15-9-8-14(19-20-15)17-11-12-5-2-1-3-6-12/h1-10H,11H2,(H,17,19)(H,18,20,21). The van der Waals surface area contributed by atoms with Crippen LogP contribution in [0.3, 0.4) is 0 Å². The van der Waals surface area contributed by atoms with Crippen molar-refractivity contribution in [3.63, 3.8) is 0 Å². The molecule has 0 aliphatic carbocycles. The molecule has 0 bridgehead atoms. The van der Waals surface area contributed by atoms with E-state index in [1.54, 1.807) is 18.2 Å². The van der Waals surface area contributed by atoms with Gasteiger partial charge >= 0.3 is 0 Å². The summed E-state index contributed by atoms with van der Waals surface area (Å²) in [5.41, 5.74) is 1.17. The van der Waals surface area contributed by atoms with Crippen molar-refractivity contribution in [3.05, 3.63) is 70.4 Å². The van der Waals surface area contributed by atoms with E-state index >= 15 is 0 Å². The lowest BCUT2D eigenvalue weighted by Gasteiger charge is -2.06. The van der Waals surface area contributed by atoms with Crippen LogP contribution in [0.25, 0.3) is 0 Å². The van der Waals surface area contributed by atoms with Gasteiger partial charge < -0.3 is 10.6 Å². The van der Waals surface area contributed by atoms with Crippen LogP contribution in [-0.4, -0.2) is 16.1 Å². The average Bonchev–Trinajstić information content (AvgIpc) is 3.10. The lowest BCUT2D eigenvalue weighted by Crippen LogP contribution is -2.12. The maximum absolute atomic E-state index is 11.9. The van der Waals surface area contributed by atoms with Crippen molar-refractivity contribution in [2.45, 2.75) is 6.54 Å². The first kappa shape index (κ1) is 14.2. The van der Waals surface area contributed by atoms with Crippen LogP contribution in [0, 0.1) is 0 Å². The smallest absolute Gasteiger partial charge is 0.266 e. The third-order valence-electron chi connectivity index (χ3n) is 2.97. The van der Waals surface area contributed by atoms with Gasteiger partial charge in [-0.15, -0.1) is 21.5 Å². The minimum atomic E-state index is -0.172. The quantitative estimate of drug-likeness (QED) is 0.758. The first-order chi connectivity index (χ1) is 10.8. The predicted molar refractivity (Wildman–Crippen MR) is 88.1 cm³/mol. The highest BCUT2D eigenvalue weighted by Crippen LogP contribution is 2.12. The van der Waals surface area contributed by atoms with Crippen LogP contribution < -0.4 is 10.6 Å². The third-order valence-corrected chi connectivity index (χ3v) is 3.84. The zero-order valence-electron chi connectivity index (χ0n) is 11.7. The molecule has 0 saturated carbocycles. The number of amides is 1. The number of thiophene rings is 1. The van der Waals surface area contributed by atoms with E-state index in [9.17, 15) is 4.79 Å². The van der Waals surface area contributed by atoms with Crippen LogP contribution in [-0.2, 0) is 6.54 Å². The highest BCUT2D eigenvalue weighted by molar-refractivity contribution is 7.12. The van der Waals surface area contributed by atoms with Crippen LogP contribution >= 0.6 is 11.3 Å². The number of rotatable bonds is 5. The molecule has 1 amide bonds. The Morgan fingerprint density at radius 3 is 2.41 bits per heavy atom. The van der Waals surface area contributed by atoms with E-state index in [0.29, 0.717) is 23.1 Å². The number of anilines is 2. The maximum atomic E-state index is 11.9. The molecular formula is C16H14N4OS. The summed E-state index contributed by atoms with van der Waals surface area (Å²) < 4.78 is 0. The fraction of sp³-hybridized carbons (Fsp3) is 0.0625. The van der Waals surface area contributed by atoms with E-state index in [2.05, 4.69) is 20.8 Å². The van der Waals surface area contributed by atoms with Crippen LogP contribution in [0.15, 0.2) is 60.0 Å². The summed E-state index contributed by atoms with van der Waals surface area (Å²) in [6, 6.07) is 17.2. The Balaban J connectivity index is 1.57. The van der Waals surface area contributed by atoms with Gasteiger partial charge in [-0.25, -0.2) is 0 Å². The Kier molecular flexibility index (Phi) is 4.41. The molecule has 6 heteroatoms. The second-order valence-corrected chi connectivity index (χ2v) is 5.52. The maximum Gasteiger partial charge on any atom is 0.266 e. The summed E-state index contributed by atoms with van der Waals surface area (Å²) in [6.45, 7) is 0.677. The minimum absolute atomic E-state index is 0.172. The molecule has 0 aliphatic rings. The molecule has 2 aromatic heterocycles. The van der Waals surface area contributed by atoms with Crippen LogP contribution in [0.2, 0.25) is 0 Å². The molecule has 2 N–H and O–H groups in total. The van der Waals surface area contributed by atoms with Crippen molar-refractivity contribution >= 4 is 28.9 Å². The van der Waals surface area contributed by atoms with Crippen molar-refractivity contribution in [3.8, 4) is 0 Å². The van der Waals surface area contributed by atoms with Gasteiger partial charge in [0.15, 0.2) is 5.82 Å². The Bertz CT molecular complexity index is 727. The summed E-state index contributed by atoms with van der Waals surface area (Å²) in [7, 11) is 0. The van der Waals surface area contributed by atoms with Crippen LogP contribution in [0.5, 0.6) is 0 Å². The fourth-order valence-electron chi connectivity index (χ4n) is 1.87. The summed E-state index contributed by atoms with van der Waals surface area (Å²) >= 11 is 1.39. The second kappa shape index (κ2) is 6.82. The van der Waals surface area contributed by atoms with E-state index in [1.807, 2.05) is 41.8 Å². The number of carbonyl (C=O) groups is 1. The zero-order valence-corrected chi connectivity index (χ0v) is 12.5. The van der Waals surface area contributed by atoms with E-state index < -0.39 is 0 Å². The number of aromatic nitrogens is 2. The van der Waals surface area contributed by atoms with Crippen LogP contribution in [0.1, 0.15) is 15.2 Å². The van der Waals surface area contributed by atoms with Gasteiger partial charge in [0.25, 0.3) is 5.91 Å². The van der Waals surface area contributed by atoms with Crippen molar-refractivity contribution in [2.75, 3.05) is 10.6 Å². The first-order valence-electron chi connectivity index (χ1n) is 6.77. The van der Waals surface area contributed by atoms with E-state index in [1.165, 1.54) is 16.9 Å². The molecule has 2 heterocycles. The third kappa shape index (κ3) is 3.67. The van der Waals surface area contributed by atoms with Crippen LogP contribution in [0.4, 0.5) is 11.6 Å². The average molecular weight is 310 g/mol. The summed E-state index contributed by atoms with van der Waals surface area (Å²) in [4.78, 5) is 12.5. The number of carbonyl (C=O) groups excluding carboxylic acids is 1. The number of nitrogens with zero attached hydrogens (tertiary/aromatic N) is 2. The number of hydrogen-bond acceptors (Lipinski definition) is 5. The Morgan fingerprint density at radius 1 is 0.955 bits per heavy atom. The Morgan fingerprint density at radius 2 is 1.73 bits per heavy atom. The second-order valence-electron chi connectivity index (χ2n) is 4.57. The van der Waals surface area contributed by atoms with Crippen molar-refractivity contribution in [2.24, 2.45) is 0 Å². The molecule has 5 nitrogen and oxygen atoms in total. The van der Waals surface area contributed by atoms with Gasteiger partial charge in [-0.05, 0) is 29.1 Å². The van der Waals surface area contributed by atoms with Crippen molar-refractivity contribution in [1.82, 2.24) is 10.2 Å². The molecule has 0 unspecified atom stereocenters. The molecule has 0 spiro atoms. The largest absolute Gasteiger partial charge is 0.365 e. The number of nitrogens with one attached hydrogen (secondary N) is 2. The minimum Gasteiger partial charge on any atom is -0.365 e. The van der Waals surface area contributed by atoms with Crippen molar-refractivity contribution < 1.29 is 4.79 Å². The van der Waals surface area contributed by atoms with Gasteiger partial charge in [0.1, 0.15) is 5.82 Å². The molecule has 3 aromatic rings. The lowest BCUT2D eigenvalue weighted by atomic mass is 10.2. The number of benzene rings is 1. The highest BCUT2D eigenvalue weighted by Gasteiger charge is 2.07. The highest BCUT2D eigenvalue weighted by atomic mass is 32.1. The topological polar surface area (TPSA) is 66.9 Å². The van der Waals surface area contributed by atoms with Crippen molar-refractivity contribution in [1.29, 1.82) is 0 Å². The summed E-state index contributed by atoms with van der Waals surface area (Å²) in [5.74, 6) is 0.927. The van der Waals surface area contributed by atoms with E-state index in [4.69, 9.17) is 0 Å². The Labute approximate surface area is 132 Å². The molecule has 0 atom stereocenters. The molecule has 0 radical (unpaired) electrons. The molecule has 110 valence electrons. The summed E-state index contributed by atoms with van der Waals surface area (Å²) in [6.07, 6.45) is 0. The van der Waals surface area contributed by atoms with Gasteiger partial charge in [-0.2, -0.15) is 0 Å². The van der Waals surface area contributed by atoms with Gasteiger partial charge in [-0.1, -0.05) is 36.4 Å². The van der Waals surface area contributed by atoms with E-state index in [0.717, 1.165) is 0 Å². The molecule has 3 rings (SSSR count). The normalized spacial score (nSPS) is 10.2. The Hall–Kier alpha value is -2.73. The first-order valence-corrected chi connectivity index (χ1v) is 7.65. The monoisotopic (exact) mass is 310 g/mol. The zero-order chi connectivity index (χ0) is 15.2. The fourth-order valence-corrected chi connectivity index (χ4v) is 2.49. The molecular weight excluding hydrogens is 296 g/mol. The SMILES string of the molecule is O=C(Nc1ccc(NCc2ccccc2)nn1)c1cccs1. The molecule has 0 fully saturated rings. The summed E-state index contributed by atoms with van der Waals surface area (Å²) in [5, 5.41) is 15.8. The number of hydrogen-bond donors (Lipinski definition) is 2. The van der Waals surface area contributed by atoms with E-state index in [-0.39, 0.29) is 5.91 Å². The molecule has 22 heavy (non-hydrogen) atoms. The molecule has 0 saturated heterocycles. The predicted octanol–water partition coefficient (Wildman–Crippen LogP) is 3.40. The van der Waals surface area contributed by atoms with Gasteiger partial charge in [0, 0.05) is 6.54 Å². The molecule has 1 aromatic carbocycles.